The van der Waals surface area contributed by atoms with Crippen molar-refractivity contribution in [3.63, 3.8) is 0 Å². The average Bonchev–Trinajstić information content (AvgIpc) is 3.39. The Morgan fingerprint density at radius 2 is 1.87 bits per heavy atom. The lowest BCUT2D eigenvalue weighted by Crippen LogP contribution is -2.34. The second-order valence-electron chi connectivity index (χ2n) is 7.65. The molecule has 0 spiro atoms. The van der Waals surface area contributed by atoms with Crippen LogP contribution in [0.2, 0.25) is 0 Å². The fraction of sp³-hybridized carbons (Fsp3) is 0.364. The number of benzene rings is 2. The fourth-order valence-corrected chi connectivity index (χ4v) is 4.04. The largest absolute Gasteiger partial charge is 0.490 e. The second-order valence-corrected chi connectivity index (χ2v) is 7.65. The van der Waals surface area contributed by atoms with Gasteiger partial charge in [0.15, 0.2) is 11.5 Å². The Hall–Kier alpha value is -3.49. The monoisotopic (exact) mass is 423 g/mol. The van der Waals surface area contributed by atoms with Crippen LogP contribution in [0.3, 0.4) is 0 Å². The summed E-state index contributed by atoms with van der Waals surface area (Å²) in [5, 5.41) is 12.3. The molecule has 1 aromatic heterocycles. The number of carbonyl (C=O) groups is 1. The molecular formula is C22H22FN5O3. The summed E-state index contributed by atoms with van der Waals surface area (Å²) in [5.74, 6) is 1.43. The van der Waals surface area contributed by atoms with Crippen molar-refractivity contribution in [2.45, 2.75) is 31.8 Å². The van der Waals surface area contributed by atoms with Gasteiger partial charge in [-0.05, 0) is 60.0 Å². The van der Waals surface area contributed by atoms with Gasteiger partial charge < -0.3 is 14.4 Å². The first-order valence-corrected chi connectivity index (χ1v) is 10.4. The van der Waals surface area contributed by atoms with Gasteiger partial charge in [0, 0.05) is 18.5 Å². The molecule has 0 radical (unpaired) electrons. The average molecular weight is 423 g/mol. The second kappa shape index (κ2) is 8.33. The lowest BCUT2D eigenvalue weighted by atomic mass is 10.0. The summed E-state index contributed by atoms with van der Waals surface area (Å²) in [6.07, 6.45) is 2.66. The third-order valence-electron chi connectivity index (χ3n) is 5.56. The summed E-state index contributed by atoms with van der Waals surface area (Å²) in [7, 11) is 0. The molecule has 160 valence electrons. The minimum atomic E-state index is -0.332. The van der Waals surface area contributed by atoms with Gasteiger partial charge in [-0.3, -0.25) is 4.79 Å². The van der Waals surface area contributed by atoms with Gasteiger partial charge in [-0.25, -0.2) is 4.39 Å². The Balaban J connectivity index is 1.30. The maximum atomic E-state index is 13.1. The van der Waals surface area contributed by atoms with E-state index in [-0.39, 0.29) is 24.3 Å². The third-order valence-corrected chi connectivity index (χ3v) is 5.56. The molecule has 1 amide bonds. The van der Waals surface area contributed by atoms with Crippen LogP contribution in [0.5, 0.6) is 11.5 Å². The first-order chi connectivity index (χ1) is 15.2. The Morgan fingerprint density at radius 3 is 2.71 bits per heavy atom. The number of tetrazole rings is 1. The summed E-state index contributed by atoms with van der Waals surface area (Å²) in [6.45, 7) is 1.94. The zero-order valence-corrected chi connectivity index (χ0v) is 16.9. The molecule has 1 saturated heterocycles. The van der Waals surface area contributed by atoms with E-state index in [1.54, 1.807) is 12.1 Å². The van der Waals surface area contributed by atoms with E-state index in [4.69, 9.17) is 9.47 Å². The van der Waals surface area contributed by atoms with Gasteiger partial charge in [0.05, 0.1) is 19.3 Å². The third kappa shape index (κ3) is 4.08. The van der Waals surface area contributed by atoms with Crippen LogP contribution in [-0.2, 0) is 11.3 Å². The fourth-order valence-electron chi connectivity index (χ4n) is 4.04. The Morgan fingerprint density at radius 1 is 1.06 bits per heavy atom. The number of hydrogen-bond acceptors (Lipinski definition) is 6. The van der Waals surface area contributed by atoms with Crippen molar-refractivity contribution < 1.29 is 18.7 Å². The van der Waals surface area contributed by atoms with Crippen molar-refractivity contribution in [3.8, 4) is 22.9 Å². The summed E-state index contributed by atoms with van der Waals surface area (Å²) in [5.41, 5.74) is 1.68. The van der Waals surface area contributed by atoms with E-state index >= 15 is 0 Å². The van der Waals surface area contributed by atoms with E-state index in [1.807, 2.05) is 23.1 Å². The lowest BCUT2D eigenvalue weighted by molar-refractivity contribution is -0.133. The molecule has 5 rings (SSSR count). The predicted octanol–water partition coefficient (Wildman–Crippen LogP) is 3.00. The van der Waals surface area contributed by atoms with E-state index in [0.29, 0.717) is 31.1 Å². The zero-order valence-electron chi connectivity index (χ0n) is 16.9. The summed E-state index contributed by atoms with van der Waals surface area (Å²) < 4.78 is 24.6. The highest BCUT2D eigenvalue weighted by molar-refractivity contribution is 5.76. The molecule has 0 saturated carbocycles. The van der Waals surface area contributed by atoms with Crippen molar-refractivity contribution in [1.29, 1.82) is 0 Å². The number of amides is 1. The molecule has 2 aliphatic rings. The molecule has 2 aliphatic heterocycles. The van der Waals surface area contributed by atoms with Crippen LogP contribution < -0.4 is 9.47 Å². The topological polar surface area (TPSA) is 82.4 Å². The normalized spacial score (nSPS) is 18.1. The molecule has 0 aliphatic carbocycles. The highest BCUT2D eigenvalue weighted by atomic mass is 19.1. The number of rotatable bonds is 4. The number of aromatic nitrogens is 4. The van der Waals surface area contributed by atoms with Gasteiger partial charge in [0.25, 0.3) is 0 Å². The quantitative estimate of drug-likeness (QED) is 0.642. The van der Waals surface area contributed by atoms with Gasteiger partial charge in [-0.2, -0.15) is 4.80 Å². The van der Waals surface area contributed by atoms with Crippen LogP contribution >= 0.6 is 0 Å². The van der Waals surface area contributed by atoms with Gasteiger partial charge in [0.1, 0.15) is 12.4 Å². The van der Waals surface area contributed by atoms with Crippen molar-refractivity contribution >= 4 is 5.91 Å². The van der Waals surface area contributed by atoms with E-state index in [2.05, 4.69) is 15.4 Å². The SMILES string of the molecule is O=C(Cn1nnc(-c2ccc(F)cc2)n1)N1CCCC1c1ccc2c(c1)OCCCO2. The highest BCUT2D eigenvalue weighted by Gasteiger charge is 2.31. The number of fused-ring (bicyclic) bond motifs is 1. The highest BCUT2D eigenvalue weighted by Crippen LogP contribution is 2.38. The van der Waals surface area contributed by atoms with Crippen LogP contribution in [-0.4, -0.2) is 50.8 Å². The molecule has 8 nitrogen and oxygen atoms in total. The molecule has 3 aromatic rings. The van der Waals surface area contributed by atoms with Crippen molar-refractivity contribution in [3.05, 3.63) is 53.8 Å². The molecule has 1 atom stereocenters. The van der Waals surface area contributed by atoms with Gasteiger partial charge in [-0.15, -0.1) is 10.2 Å². The van der Waals surface area contributed by atoms with Crippen LogP contribution in [0.25, 0.3) is 11.4 Å². The summed E-state index contributed by atoms with van der Waals surface area (Å²) >= 11 is 0. The Bertz CT molecular complexity index is 1090. The minimum absolute atomic E-state index is 0.00472. The number of halogens is 1. The smallest absolute Gasteiger partial charge is 0.246 e. The summed E-state index contributed by atoms with van der Waals surface area (Å²) in [6, 6.07) is 11.7. The lowest BCUT2D eigenvalue weighted by Gasteiger charge is -2.25. The van der Waals surface area contributed by atoms with E-state index in [9.17, 15) is 9.18 Å². The Labute approximate surface area is 178 Å². The van der Waals surface area contributed by atoms with Crippen LogP contribution in [0, 0.1) is 5.82 Å². The first-order valence-electron chi connectivity index (χ1n) is 10.4. The standard InChI is InChI=1S/C22H22FN5O3/c23-17-7-4-15(5-8-17)22-24-26-28(25-22)14-21(29)27-10-1-3-18(27)16-6-9-19-20(13-16)31-12-2-11-30-19/h4-9,13,18H,1-3,10-12,14H2. The van der Waals surface area contributed by atoms with Crippen LogP contribution in [0.1, 0.15) is 30.9 Å². The number of hydrogen-bond donors (Lipinski definition) is 0. The molecule has 0 bridgehead atoms. The van der Waals surface area contributed by atoms with Crippen molar-refractivity contribution in [2.24, 2.45) is 0 Å². The number of ether oxygens (including phenoxy) is 2. The summed E-state index contributed by atoms with van der Waals surface area (Å²) in [4.78, 5) is 16.2. The van der Waals surface area contributed by atoms with Gasteiger partial charge in [-0.1, -0.05) is 6.07 Å². The number of nitrogens with zero attached hydrogens (tertiary/aromatic N) is 5. The van der Waals surface area contributed by atoms with E-state index in [0.717, 1.165) is 36.3 Å². The first kappa shape index (κ1) is 19.5. The molecule has 31 heavy (non-hydrogen) atoms. The Kier molecular flexibility index (Phi) is 5.23. The van der Waals surface area contributed by atoms with E-state index in [1.165, 1.54) is 16.9 Å². The molecular weight excluding hydrogens is 401 g/mol. The molecule has 3 heterocycles. The molecule has 0 N–H and O–H groups in total. The minimum Gasteiger partial charge on any atom is -0.490 e. The van der Waals surface area contributed by atoms with Crippen molar-refractivity contribution in [1.82, 2.24) is 25.1 Å². The van der Waals surface area contributed by atoms with Gasteiger partial charge in [0.2, 0.25) is 11.7 Å². The maximum Gasteiger partial charge on any atom is 0.246 e. The van der Waals surface area contributed by atoms with E-state index < -0.39 is 0 Å². The predicted molar refractivity (Wildman–Crippen MR) is 109 cm³/mol. The van der Waals surface area contributed by atoms with Crippen LogP contribution in [0.15, 0.2) is 42.5 Å². The van der Waals surface area contributed by atoms with Crippen LogP contribution in [0.4, 0.5) is 4.39 Å². The van der Waals surface area contributed by atoms with Gasteiger partial charge >= 0.3 is 0 Å². The molecule has 2 aromatic carbocycles. The number of likely N-dealkylation sites (tertiary alicyclic amines) is 1. The zero-order chi connectivity index (χ0) is 21.2. The maximum absolute atomic E-state index is 13.1. The molecule has 1 unspecified atom stereocenters. The molecule has 9 heteroatoms. The molecule has 1 fully saturated rings. The number of carbonyl (C=O) groups excluding carboxylic acids is 1. The van der Waals surface area contributed by atoms with Crippen molar-refractivity contribution in [2.75, 3.05) is 19.8 Å².